The molecule has 18 heavy (non-hydrogen) atoms. The Morgan fingerprint density at radius 1 is 1.56 bits per heavy atom. The van der Waals surface area contributed by atoms with Crippen LogP contribution in [0.3, 0.4) is 0 Å². The minimum Gasteiger partial charge on any atom is -0.300 e. The molecule has 0 bridgehead atoms. The Hall–Kier alpha value is -0.930. The first-order valence-corrected chi connectivity index (χ1v) is 6.61. The van der Waals surface area contributed by atoms with Gasteiger partial charge in [0.1, 0.15) is 11.6 Å². The predicted octanol–water partition coefficient (Wildman–Crippen LogP) is 3.28. The molecule has 0 aromatic heterocycles. The Morgan fingerprint density at radius 3 is 3.00 bits per heavy atom. The van der Waals surface area contributed by atoms with Crippen molar-refractivity contribution in [2.24, 2.45) is 5.92 Å². The molecule has 0 aliphatic carbocycles. The molecular formula is C14H17ClFNO. The average Bonchev–Trinajstić information content (AvgIpc) is 2.33. The summed E-state index contributed by atoms with van der Waals surface area (Å²) in [5.74, 6) is 0.0674. The van der Waals surface area contributed by atoms with Crippen molar-refractivity contribution in [2.75, 3.05) is 13.1 Å². The minimum atomic E-state index is -0.271. The van der Waals surface area contributed by atoms with Gasteiger partial charge in [-0.25, -0.2) is 4.39 Å². The molecule has 1 fully saturated rings. The highest BCUT2D eigenvalue weighted by molar-refractivity contribution is 6.30. The van der Waals surface area contributed by atoms with Crippen LogP contribution in [0.2, 0.25) is 5.02 Å². The Labute approximate surface area is 112 Å². The van der Waals surface area contributed by atoms with Crippen LogP contribution >= 0.6 is 11.6 Å². The summed E-state index contributed by atoms with van der Waals surface area (Å²) in [6, 6.07) is 4.75. The number of rotatable bonds is 3. The van der Waals surface area contributed by atoms with E-state index in [1.54, 1.807) is 19.1 Å². The van der Waals surface area contributed by atoms with Gasteiger partial charge in [-0.15, -0.1) is 0 Å². The number of benzene rings is 1. The Balaban J connectivity index is 2.02. The summed E-state index contributed by atoms with van der Waals surface area (Å²) >= 11 is 5.73. The number of ketones is 1. The zero-order valence-corrected chi connectivity index (χ0v) is 11.2. The van der Waals surface area contributed by atoms with Gasteiger partial charge in [-0.05, 0) is 38.4 Å². The molecule has 2 rings (SSSR count). The van der Waals surface area contributed by atoms with E-state index in [0.717, 1.165) is 25.9 Å². The van der Waals surface area contributed by atoms with E-state index in [4.69, 9.17) is 11.6 Å². The lowest BCUT2D eigenvalue weighted by Crippen LogP contribution is -2.37. The van der Waals surface area contributed by atoms with Crippen molar-refractivity contribution in [3.8, 4) is 0 Å². The van der Waals surface area contributed by atoms with E-state index >= 15 is 0 Å². The van der Waals surface area contributed by atoms with Crippen LogP contribution in [0, 0.1) is 11.7 Å². The number of carbonyl (C=O) groups is 1. The molecule has 0 N–H and O–H groups in total. The number of Topliss-reactive ketones (excluding diaryl/α,β-unsaturated/α-hetero) is 1. The Bertz CT molecular complexity index is 449. The van der Waals surface area contributed by atoms with E-state index in [1.807, 2.05) is 0 Å². The zero-order chi connectivity index (χ0) is 13.1. The smallest absolute Gasteiger partial charge is 0.134 e. The van der Waals surface area contributed by atoms with Crippen LogP contribution in [0.1, 0.15) is 25.3 Å². The maximum Gasteiger partial charge on any atom is 0.134 e. The fraction of sp³-hybridized carbons (Fsp3) is 0.500. The van der Waals surface area contributed by atoms with Crippen LogP contribution in [0.5, 0.6) is 0 Å². The molecule has 0 amide bonds. The van der Waals surface area contributed by atoms with E-state index in [2.05, 4.69) is 4.90 Å². The maximum absolute atomic E-state index is 13.7. The molecule has 1 atom stereocenters. The second kappa shape index (κ2) is 5.81. The third kappa shape index (κ3) is 3.30. The van der Waals surface area contributed by atoms with E-state index in [0.29, 0.717) is 17.1 Å². The van der Waals surface area contributed by atoms with Gasteiger partial charge in [0.05, 0.1) is 0 Å². The van der Waals surface area contributed by atoms with Crippen LogP contribution in [-0.4, -0.2) is 23.8 Å². The molecular weight excluding hydrogens is 253 g/mol. The van der Waals surface area contributed by atoms with Crippen molar-refractivity contribution in [1.29, 1.82) is 0 Å². The first-order valence-electron chi connectivity index (χ1n) is 6.23. The molecule has 0 spiro atoms. The van der Waals surface area contributed by atoms with Gasteiger partial charge in [0, 0.05) is 29.6 Å². The monoisotopic (exact) mass is 269 g/mol. The highest BCUT2D eigenvalue weighted by Crippen LogP contribution is 2.21. The number of hydrogen-bond acceptors (Lipinski definition) is 2. The SMILES string of the molecule is CC(=O)C1CCCN(Cc2ccc(Cl)cc2F)C1. The fourth-order valence-corrected chi connectivity index (χ4v) is 2.58. The van der Waals surface area contributed by atoms with Crippen molar-refractivity contribution < 1.29 is 9.18 Å². The molecule has 1 unspecified atom stereocenters. The molecule has 1 saturated heterocycles. The molecule has 0 radical (unpaired) electrons. The third-order valence-corrected chi connectivity index (χ3v) is 3.72. The number of carbonyl (C=O) groups excluding carboxylic acids is 1. The van der Waals surface area contributed by atoms with Crippen molar-refractivity contribution in [3.63, 3.8) is 0 Å². The van der Waals surface area contributed by atoms with Gasteiger partial charge in [-0.2, -0.15) is 0 Å². The van der Waals surface area contributed by atoms with Crippen LogP contribution < -0.4 is 0 Å². The first-order chi connectivity index (χ1) is 8.56. The lowest BCUT2D eigenvalue weighted by Gasteiger charge is -2.31. The standard InChI is InChI=1S/C14H17ClFNO/c1-10(18)11-3-2-6-17(8-11)9-12-4-5-13(15)7-14(12)16/h4-5,7,11H,2-3,6,8-9H2,1H3. The second-order valence-corrected chi connectivity index (χ2v) is 5.36. The summed E-state index contributed by atoms with van der Waals surface area (Å²) in [4.78, 5) is 13.5. The molecule has 1 aromatic carbocycles. The van der Waals surface area contributed by atoms with Gasteiger partial charge in [-0.3, -0.25) is 9.69 Å². The highest BCUT2D eigenvalue weighted by atomic mass is 35.5. The molecule has 1 aliphatic heterocycles. The van der Waals surface area contributed by atoms with Crippen LogP contribution in [0.15, 0.2) is 18.2 Å². The van der Waals surface area contributed by atoms with E-state index in [-0.39, 0.29) is 17.5 Å². The molecule has 1 aliphatic rings. The summed E-state index contributed by atoms with van der Waals surface area (Å²) in [6.45, 7) is 3.84. The minimum absolute atomic E-state index is 0.106. The van der Waals surface area contributed by atoms with E-state index in [1.165, 1.54) is 6.07 Å². The van der Waals surface area contributed by atoms with Crippen molar-refractivity contribution in [3.05, 3.63) is 34.6 Å². The highest BCUT2D eigenvalue weighted by Gasteiger charge is 2.23. The van der Waals surface area contributed by atoms with Gasteiger partial charge < -0.3 is 0 Å². The molecule has 0 saturated carbocycles. The van der Waals surface area contributed by atoms with Crippen LogP contribution in [0.25, 0.3) is 0 Å². The van der Waals surface area contributed by atoms with Gasteiger partial charge in [0.2, 0.25) is 0 Å². The second-order valence-electron chi connectivity index (χ2n) is 4.92. The van der Waals surface area contributed by atoms with Gasteiger partial charge in [0.25, 0.3) is 0 Å². The lowest BCUT2D eigenvalue weighted by atomic mass is 9.94. The lowest BCUT2D eigenvalue weighted by molar-refractivity contribution is -0.122. The Morgan fingerprint density at radius 2 is 2.33 bits per heavy atom. The number of likely N-dealkylation sites (tertiary alicyclic amines) is 1. The number of nitrogens with zero attached hydrogens (tertiary/aromatic N) is 1. The number of halogens is 2. The first kappa shape index (κ1) is 13.5. The molecule has 98 valence electrons. The zero-order valence-electron chi connectivity index (χ0n) is 10.5. The summed E-state index contributed by atoms with van der Waals surface area (Å²) in [7, 11) is 0. The van der Waals surface area contributed by atoms with Crippen LogP contribution in [-0.2, 0) is 11.3 Å². The summed E-state index contributed by atoms with van der Waals surface area (Å²) in [5.41, 5.74) is 0.642. The summed E-state index contributed by atoms with van der Waals surface area (Å²) in [5, 5.41) is 0.413. The summed E-state index contributed by atoms with van der Waals surface area (Å²) in [6.07, 6.45) is 1.95. The quantitative estimate of drug-likeness (QED) is 0.839. The number of piperidine rings is 1. The predicted molar refractivity (Wildman–Crippen MR) is 70.1 cm³/mol. The summed E-state index contributed by atoms with van der Waals surface area (Å²) < 4.78 is 13.7. The normalized spacial score (nSPS) is 20.9. The average molecular weight is 270 g/mol. The van der Waals surface area contributed by atoms with Gasteiger partial charge in [0.15, 0.2) is 0 Å². The molecule has 2 nitrogen and oxygen atoms in total. The maximum atomic E-state index is 13.7. The van der Waals surface area contributed by atoms with E-state index < -0.39 is 0 Å². The number of hydrogen-bond donors (Lipinski definition) is 0. The van der Waals surface area contributed by atoms with E-state index in [9.17, 15) is 9.18 Å². The van der Waals surface area contributed by atoms with Gasteiger partial charge >= 0.3 is 0 Å². The topological polar surface area (TPSA) is 20.3 Å². The fourth-order valence-electron chi connectivity index (χ4n) is 2.42. The largest absolute Gasteiger partial charge is 0.300 e. The molecule has 4 heteroatoms. The van der Waals surface area contributed by atoms with Gasteiger partial charge in [-0.1, -0.05) is 17.7 Å². The van der Waals surface area contributed by atoms with Crippen LogP contribution in [0.4, 0.5) is 4.39 Å². The third-order valence-electron chi connectivity index (χ3n) is 3.49. The molecule has 1 aromatic rings. The van der Waals surface area contributed by atoms with Crippen molar-refractivity contribution in [2.45, 2.75) is 26.3 Å². The Kier molecular flexibility index (Phi) is 4.36. The van der Waals surface area contributed by atoms with Crippen molar-refractivity contribution >= 4 is 17.4 Å². The van der Waals surface area contributed by atoms with Crippen molar-refractivity contribution in [1.82, 2.24) is 4.90 Å². The molecule has 1 heterocycles.